The number of aromatic nitrogens is 4. The standard InChI is InChI=1S/C8H10N6.C6H13N/c1-5-4-7(14-13-5)11-6-2-3-10-8(9)12-6;7-6-4-2-1-3-5-6/h2-4H,1H3,(H4,9,10,11,12,13,14);6H,1-5,7H2. The van der Waals surface area contributed by atoms with Gasteiger partial charge in [-0.15, -0.1) is 0 Å². The number of nitrogen functional groups attached to an aromatic ring is 1. The lowest BCUT2D eigenvalue weighted by Gasteiger charge is -2.15. The summed E-state index contributed by atoms with van der Waals surface area (Å²) in [7, 11) is 0. The van der Waals surface area contributed by atoms with Gasteiger partial charge in [0.2, 0.25) is 5.95 Å². The Morgan fingerprint density at radius 3 is 2.52 bits per heavy atom. The van der Waals surface area contributed by atoms with E-state index in [2.05, 4.69) is 25.5 Å². The lowest BCUT2D eigenvalue weighted by atomic mass is 9.97. The molecular weight excluding hydrogens is 266 g/mol. The van der Waals surface area contributed by atoms with Gasteiger partial charge in [-0.25, -0.2) is 4.98 Å². The van der Waals surface area contributed by atoms with E-state index in [-0.39, 0.29) is 5.95 Å². The van der Waals surface area contributed by atoms with Crippen molar-refractivity contribution in [3.8, 4) is 0 Å². The van der Waals surface area contributed by atoms with E-state index in [1.165, 1.54) is 32.1 Å². The molecule has 1 aliphatic carbocycles. The number of H-pyrrole nitrogens is 1. The van der Waals surface area contributed by atoms with E-state index < -0.39 is 0 Å². The van der Waals surface area contributed by atoms with E-state index in [0.717, 1.165) is 5.69 Å². The zero-order chi connectivity index (χ0) is 15.1. The third-order valence-electron chi connectivity index (χ3n) is 3.29. The number of aromatic amines is 1. The van der Waals surface area contributed by atoms with Crippen molar-refractivity contribution < 1.29 is 0 Å². The molecule has 0 aromatic carbocycles. The van der Waals surface area contributed by atoms with Crippen molar-refractivity contribution in [1.82, 2.24) is 20.2 Å². The van der Waals surface area contributed by atoms with Gasteiger partial charge in [0, 0.05) is 24.0 Å². The van der Waals surface area contributed by atoms with Crippen LogP contribution < -0.4 is 16.8 Å². The van der Waals surface area contributed by atoms with Crippen molar-refractivity contribution in [2.75, 3.05) is 11.1 Å². The van der Waals surface area contributed by atoms with Crippen LogP contribution in [-0.2, 0) is 0 Å². The largest absolute Gasteiger partial charge is 0.368 e. The molecule has 1 fully saturated rings. The summed E-state index contributed by atoms with van der Waals surface area (Å²) in [6.45, 7) is 1.92. The van der Waals surface area contributed by atoms with Crippen LogP contribution >= 0.6 is 0 Å². The molecule has 1 aliphatic rings. The Kier molecular flexibility index (Phi) is 5.51. The van der Waals surface area contributed by atoms with Gasteiger partial charge in [-0.2, -0.15) is 10.1 Å². The molecule has 114 valence electrons. The summed E-state index contributed by atoms with van der Waals surface area (Å²) in [6, 6.07) is 4.13. The predicted octanol–water partition coefficient (Wildman–Crippen LogP) is 2.11. The number of nitrogens with one attached hydrogen (secondary N) is 2. The first-order valence-corrected chi connectivity index (χ1v) is 7.26. The molecule has 0 saturated heterocycles. The number of anilines is 3. The minimum atomic E-state index is 0.238. The van der Waals surface area contributed by atoms with Crippen LogP contribution in [0.4, 0.5) is 17.6 Å². The maximum Gasteiger partial charge on any atom is 0.221 e. The number of aryl methyl sites for hydroxylation is 1. The molecule has 0 aliphatic heterocycles. The normalized spacial score (nSPS) is 15.1. The van der Waals surface area contributed by atoms with Gasteiger partial charge >= 0.3 is 0 Å². The van der Waals surface area contributed by atoms with Crippen molar-refractivity contribution in [3.63, 3.8) is 0 Å². The van der Waals surface area contributed by atoms with Gasteiger partial charge < -0.3 is 16.8 Å². The van der Waals surface area contributed by atoms with Crippen LogP contribution in [0.1, 0.15) is 37.8 Å². The fourth-order valence-corrected chi connectivity index (χ4v) is 2.19. The third-order valence-corrected chi connectivity index (χ3v) is 3.29. The van der Waals surface area contributed by atoms with Gasteiger partial charge in [-0.3, -0.25) is 5.10 Å². The zero-order valence-electron chi connectivity index (χ0n) is 12.3. The van der Waals surface area contributed by atoms with Gasteiger partial charge in [0.05, 0.1) is 0 Å². The number of hydrogen-bond acceptors (Lipinski definition) is 6. The lowest BCUT2D eigenvalue weighted by Crippen LogP contribution is -2.22. The summed E-state index contributed by atoms with van der Waals surface area (Å²) in [4.78, 5) is 7.76. The van der Waals surface area contributed by atoms with Crippen LogP contribution in [0.3, 0.4) is 0 Å². The minimum absolute atomic E-state index is 0.238. The summed E-state index contributed by atoms with van der Waals surface area (Å²) in [5.41, 5.74) is 12.0. The van der Waals surface area contributed by atoms with E-state index in [1.54, 1.807) is 12.3 Å². The second-order valence-corrected chi connectivity index (χ2v) is 5.26. The lowest BCUT2D eigenvalue weighted by molar-refractivity contribution is 0.441. The van der Waals surface area contributed by atoms with Crippen molar-refractivity contribution >= 4 is 17.6 Å². The Labute approximate surface area is 124 Å². The van der Waals surface area contributed by atoms with E-state index in [4.69, 9.17) is 11.5 Å². The van der Waals surface area contributed by atoms with Crippen LogP contribution in [0.5, 0.6) is 0 Å². The Balaban J connectivity index is 0.000000194. The predicted molar refractivity (Wildman–Crippen MR) is 84.1 cm³/mol. The summed E-state index contributed by atoms with van der Waals surface area (Å²) in [6.07, 6.45) is 8.25. The SMILES string of the molecule is Cc1cc(Nc2ccnc(N)n2)n[nH]1.NC1CCCCC1. The Hall–Kier alpha value is -2.15. The van der Waals surface area contributed by atoms with Crippen molar-refractivity contribution in [2.45, 2.75) is 45.1 Å². The molecule has 1 saturated carbocycles. The third kappa shape index (κ3) is 5.39. The van der Waals surface area contributed by atoms with E-state index in [1.807, 2.05) is 13.0 Å². The van der Waals surface area contributed by atoms with Gasteiger partial charge in [-0.05, 0) is 25.8 Å². The summed E-state index contributed by atoms with van der Waals surface area (Å²) in [5, 5.41) is 9.81. The topological polar surface area (TPSA) is 119 Å². The number of hydrogen-bond donors (Lipinski definition) is 4. The molecule has 0 radical (unpaired) electrons. The van der Waals surface area contributed by atoms with Crippen LogP contribution in [0.25, 0.3) is 0 Å². The number of nitrogens with zero attached hydrogens (tertiary/aromatic N) is 3. The molecule has 7 nitrogen and oxygen atoms in total. The fraction of sp³-hybridized carbons (Fsp3) is 0.500. The first-order valence-electron chi connectivity index (χ1n) is 7.26. The van der Waals surface area contributed by atoms with Crippen LogP contribution in [0, 0.1) is 6.92 Å². The Morgan fingerprint density at radius 2 is 2.00 bits per heavy atom. The first-order chi connectivity index (χ1) is 10.1. The van der Waals surface area contributed by atoms with E-state index in [0.29, 0.717) is 17.7 Å². The molecule has 21 heavy (non-hydrogen) atoms. The van der Waals surface area contributed by atoms with Gasteiger partial charge in [0.25, 0.3) is 0 Å². The minimum Gasteiger partial charge on any atom is -0.368 e. The van der Waals surface area contributed by atoms with Crippen molar-refractivity contribution in [1.29, 1.82) is 0 Å². The molecule has 0 amide bonds. The van der Waals surface area contributed by atoms with Crippen molar-refractivity contribution in [2.24, 2.45) is 5.73 Å². The molecule has 6 N–H and O–H groups in total. The highest BCUT2D eigenvalue weighted by molar-refractivity contribution is 5.52. The Bertz CT molecular complexity index is 546. The molecular formula is C14H23N7. The molecule has 0 atom stereocenters. The fourth-order valence-electron chi connectivity index (χ4n) is 2.19. The maximum atomic E-state index is 5.63. The van der Waals surface area contributed by atoms with Gasteiger partial charge in [0.15, 0.2) is 5.82 Å². The first kappa shape index (κ1) is 15.2. The smallest absolute Gasteiger partial charge is 0.221 e. The average Bonchev–Trinajstić information content (AvgIpc) is 2.86. The van der Waals surface area contributed by atoms with E-state index >= 15 is 0 Å². The molecule has 2 heterocycles. The molecule has 0 bridgehead atoms. The molecule has 3 rings (SSSR count). The molecule has 2 aromatic rings. The molecule has 0 unspecified atom stereocenters. The highest BCUT2D eigenvalue weighted by atomic mass is 15.2. The quantitative estimate of drug-likeness (QED) is 0.672. The monoisotopic (exact) mass is 289 g/mol. The molecule has 7 heteroatoms. The Morgan fingerprint density at radius 1 is 1.24 bits per heavy atom. The van der Waals surface area contributed by atoms with Crippen molar-refractivity contribution in [3.05, 3.63) is 24.0 Å². The van der Waals surface area contributed by atoms with Crippen LogP contribution in [-0.4, -0.2) is 26.2 Å². The molecule has 0 spiro atoms. The molecule has 2 aromatic heterocycles. The number of rotatable bonds is 2. The van der Waals surface area contributed by atoms with Crippen LogP contribution in [0.2, 0.25) is 0 Å². The van der Waals surface area contributed by atoms with Gasteiger partial charge in [-0.1, -0.05) is 19.3 Å². The van der Waals surface area contributed by atoms with Crippen LogP contribution in [0.15, 0.2) is 18.3 Å². The second-order valence-electron chi connectivity index (χ2n) is 5.26. The second kappa shape index (κ2) is 7.58. The maximum absolute atomic E-state index is 5.63. The summed E-state index contributed by atoms with van der Waals surface area (Å²) in [5.74, 6) is 1.58. The summed E-state index contributed by atoms with van der Waals surface area (Å²) >= 11 is 0. The average molecular weight is 289 g/mol. The highest BCUT2D eigenvalue weighted by Gasteiger charge is 2.06. The van der Waals surface area contributed by atoms with E-state index in [9.17, 15) is 0 Å². The summed E-state index contributed by atoms with van der Waals surface area (Å²) < 4.78 is 0. The zero-order valence-corrected chi connectivity index (χ0v) is 12.3. The highest BCUT2D eigenvalue weighted by Crippen LogP contribution is 2.14. The van der Waals surface area contributed by atoms with Gasteiger partial charge in [0.1, 0.15) is 5.82 Å². The number of nitrogens with two attached hydrogens (primary N) is 2.